The molecule has 6 nitrogen and oxygen atoms in total. The predicted octanol–water partition coefficient (Wildman–Crippen LogP) is 0.886. The Morgan fingerprint density at radius 1 is 1.15 bits per heavy atom. The lowest BCUT2D eigenvalue weighted by molar-refractivity contribution is -0.140. The molecule has 1 aliphatic rings. The van der Waals surface area contributed by atoms with E-state index < -0.39 is 6.10 Å². The lowest BCUT2D eigenvalue weighted by Crippen LogP contribution is -2.33. The van der Waals surface area contributed by atoms with Crippen molar-refractivity contribution in [3.8, 4) is 11.5 Å². The van der Waals surface area contributed by atoms with Crippen LogP contribution in [0.5, 0.6) is 11.5 Å². The molecule has 0 aromatic heterocycles. The van der Waals surface area contributed by atoms with Crippen LogP contribution < -0.4 is 9.47 Å². The largest absolute Gasteiger partial charge is 0.493 e. The lowest BCUT2D eigenvalue weighted by Gasteiger charge is -2.19. The minimum atomic E-state index is -0.944. The molecule has 1 saturated heterocycles. The van der Waals surface area contributed by atoms with Gasteiger partial charge in [-0.15, -0.1) is 0 Å². The van der Waals surface area contributed by atoms with E-state index in [-0.39, 0.29) is 31.2 Å². The topological polar surface area (TPSA) is 76.1 Å². The normalized spacial score (nSPS) is 16.4. The first-order valence-corrected chi connectivity index (χ1v) is 6.30. The van der Waals surface area contributed by atoms with E-state index >= 15 is 0 Å². The van der Waals surface area contributed by atoms with Crippen molar-refractivity contribution in [1.29, 1.82) is 0 Å². The average Bonchev–Trinajstić information content (AvgIpc) is 2.78. The Hall–Kier alpha value is -2.08. The minimum absolute atomic E-state index is 0.0346. The second-order valence-electron chi connectivity index (χ2n) is 4.53. The number of likely N-dealkylation sites (tertiary alicyclic amines) is 1. The first-order valence-electron chi connectivity index (χ1n) is 6.30. The van der Waals surface area contributed by atoms with Gasteiger partial charge >= 0.3 is 0 Å². The molecule has 0 saturated carbocycles. The molecule has 1 N–H and O–H groups in total. The third-order valence-electron chi connectivity index (χ3n) is 3.30. The van der Waals surface area contributed by atoms with Crippen molar-refractivity contribution in [3.63, 3.8) is 0 Å². The Kier molecular flexibility index (Phi) is 4.24. The standard InChI is InChI=1S/C14H17NO5/c1-19-11-4-3-9(7-12(11)20-2)10(16)8-15-13(17)5-6-14(15)18/h3-4,7,10,16H,5-6,8H2,1-2H3. The zero-order valence-electron chi connectivity index (χ0n) is 11.5. The van der Waals surface area contributed by atoms with Gasteiger partial charge in [-0.3, -0.25) is 14.5 Å². The van der Waals surface area contributed by atoms with Gasteiger partial charge in [-0.2, -0.15) is 0 Å². The molecule has 108 valence electrons. The van der Waals surface area contributed by atoms with Crippen LogP contribution in [0.2, 0.25) is 0 Å². The molecule has 1 aliphatic heterocycles. The molecule has 1 aromatic rings. The third kappa shape index (κ3) is 2.75. The summed E-state index contributed by atoms with van der Waals surface area (Å²) >= 11 is 0. The molecule has 1 fully saturated rings. The summed E-state index contributed by atoms with van der Waals surface area (Å²) in [6.07, 6.45) is -0.504. The number of β-amino-alcohol motifs (C(OH)–C–C–N with tert-alkyl or cyclic N) is 1. The van der Waals surface area contributed by atoms with Crippen LogP contribution in [0.25, 0.3) is 0 Å². The molecule has 2 rings (SSSR count). The number of ether oxygens (including phenoxy) is 2. The van der Waals surface area contributed by atoms with Crippen LogP contribution in [0.4, 0.5) is 0 Å². The summed E-state index contributed by atoms with van der Waals surface area (Å²) in [5.74, 6) is 0.559. The monoisotopic (exact) mass is 279 g/mol. The van der Waals surface area contributed by atoms with Crippen molar-refractivity contribution < 1.29 is 24.2 Å². The van der Waals surface area contributed by atoms with Gasteiger partial charge in [-0.25, -0.2) is 0 Å². The summed E-state index contributed by atoms with van der Waals surface area (Å²) in [4.78, 5) is 24.1. The second kappa shape index (κ2) is 5.92. The summed E-state index contributed by atoms with van der Waals surface area (Å²) in [7, 11) is 3.02. The van der Waals surface area contributed by atoms with Crippen LogP contribution in [-0.4, -0.2) is 42.6 Å². The highest BCUT2D eigenvalue weighted by Crippen LogP contribution is 2.30. The molecule has 20 heavy (non-hydrogen) atoms. The van der Waals surface area contributed by atoms with Crippen molar-refractivity contribution in [1.82, 2.24) is 4.90 Å². The van der Waals surface area contributed by atoms with Crippen LogP contribution in [0.1, 0.15) is 24.5 Å². The SMILES string of the molecule is COc1ccc(C(O)CN2C(=O)CCC2=O)cc1OC. The summed E-state index contributed by atoms with van der Waals surface area (Å²) in [5.41, 5.74) is 0.565. The predicted molar refractivity (Wildman–Crippen MR) is 70.5 cm³/mol. The highest BCUT2D eigenvalue weighted by molar-refractivity contribution is 6.01. The van der Waals surface area contributed by atoms with Gasteiger partial charge in [0.05, 0.1) is 26.9 Å². The summed E-state index contributed by atoms with van der Waals surface area (Å²) in [6, 6.07) is 4.98. The van der Waals surface area contributed by atoms with Gasteiger partial charge in [0.1, 0.15) is 0 Å². The molecule has 0 bridgehead atoms. The van der Waals surface area contributed by atoms with Crippen molar-refractivity contribution >= 4 is 11.8 Å². The Labute approximate surface area is 116 Å². The number of hydrogen-bond acceptors (Lipinski definition) is 5. The summed E-state index contributed by atoms with van der Waals surface area (Å²) in [5, 5.41) is 10.2. The number of hydrogen-bond donors (Lipinski definition) is 1. The maximum absolute atomic E-state index is 11.5. The van der Waals surface area contributed by atoms with E-state index in [9.17, 15) is 14.7 Å². The van der Waals surface area contributed by atoms with Crippen LogP contribution in [-0.2, 0) is 9.59 Å². The fourth-order valence-electron chi connectivity index (χ4n) is 2.16. The third-order valence-corrected chi connectivity index (χ3v) is 3.30. The van der Waals surface area contributed by atoms with Crippen LogP contribution in [0.3, 0.4) is 0 Å². The molecule has 1 aromatic carbocycles. The first kappa shape index (κ1) is 14.3. The summed E-state index contributed by atoms with van der Waals surface area (Å²) < 4.78 is 10.3. The van der Waals surface area contributed by atoms with E-state index in [0.29, 0.717) is 17.1 Å². The van der Waals surface area contributed by atoms with Crippen LogP contribution in [0, 0.1) is 0 Å². The number of aliphatic hydroxyl groups excluding tert-OH is 1. The molecule has 0 spiro atoms. The summed E-state index contributed by atoms with van der Waals surface area (Å²) in [6.45, 7) is -0.0346. The van der Waals surface area contributed by atoms with Gasteiger partial charge in [0.15, 0.2) is 11.5 Å². The zero-order valence-corrected chi connectivity index (χ0v) is 11.5. The Morgan fingerprint density at radius 2 is 1.75 bits per heavy atom. The zero-order chi connectivity index (χ0) is 14.7. The molecule has 1 atom stereocenters. The van der Waals surface area contributed by atoms with Crippen LogP contribution >= 0.6 is 0 Å². The van der Waals surface area contributed by atoms with Gasteiger partial charge in [0.2, 0.25) is 11.8 Å². The Balaban J connectivity index is 2.14. The van der Waals surface area contributed by atoms with Crippen LogP contribution in [0.15, 0.2) is 18.2 Å². The van der Waals surface area contributed by atoms with Gasteiger partial charge in [0.25, 0.3) is 0 Å². The van der Waals surface area contributed by atoms with Gasteiger partial charge < -0.3 is 14.6 Å². The van der Waals surface area contributed by atoms with E-state index in [0.717, 1.165) is 4.90 Å². The maximum Gasteiger partial charge on any atom is 0.229 e. The number of carbonyl (C=O) groups excluding carboxylic acids is 2. The number of nitrogens with zero attached hydrogens (tertiary/aromatic N) is 1. The van der Waals surface area contributed by atoms with Crippen molar-refractivity contribution in [3.05, 3.63) is 23.8 Å². The molecule has 1 heterocycles. The first-order chi connectivity index (χ1) is 9.56. The molecular formula is C14H17NO5. The van der Waals surface area contributed by atoms with Crippen molar-refractivity contribution in [2.75, 3.05) is 20.8 Å². The fraction of sp³-hybridized carbons (Fsp3) is 0.429. The Morgan fingerprint density at radius 3 is 2.30 bits per heavy atom. The number of rotatable bonds is 5. The van der Waals surface area contributed by atoms with E-state index in [1.165, 1.54) is 14.2 Å². The van der Waals surface area contributed by atoms with Gasteiger partial charge in [-0.1, -0.05) is 6.07 Å². The highest BCUT2D eigenvalue weighted by Gasteiger charge is 2.30. The average molecular weight is 279 g/mol. The van der Waals surface area contributed by atoms with E-state index in [4.69, 9.17) is 9.47 Å². The number of carbonyl (C=O) groups is 2. The molecule has 0 aliphatic carbocycles. The lowest BCUT2D eigenvalue weighted by atomic mass is 10.1. The molecule has 0 radical (unpaired) electrons. The number of amides is 2. The molecular weight excluding hydrogens is 262 g/mol. The molecule has 2 amide bonds. The number of aliphatic hydroxyl groups is 1. The maximum atomic E-state index is 11.5. The van der Waals surface area contributed by atoms with Crippen molar-refractivity contribution in [2.45, 2.75) is 18.9 Å². The fourth-order valence-corrected chi connectivity index (χ4v) is 2.16. The Bertz CT molecular complexity index is 512. The van der Waals surface area contributed by atoms with Gasteiger partial charge in [-0.05, 0) is 17.7 Å². The number of methoxy groups -OCH3 is 2. The number of benzene rings is 1. The minimum Gasteiger partial charge on any atom is -0.493 e. The highest BCUT2D eigenvalue weighted by atomic mass is 16.5. The second-order valence-corrected chi connectivity index (χ2v) is 4.53. The van der Waals surface area contributed by atoms with Crippen molar-refractivity contribution in [2.24, 2.45) is 0 Å². The number of imide groups is 1. The van der Waals surface area contributed by atoms with E-state index in [2.05, 4.69) is 0 Å². The molecule has 6 heteroatoms. The smallest absolute Gasteiger partial charge is 0.229 e. The van der Waals surface area contributed by atoms with E-state index in [1.54, 1.807) is 18.2 Å². The molecule has 1 unspecified atom stereocenters. The quantitative estimate of drug-likeness (QED) is 0.810. The van der Waals surface area contributed by atoms with Gasteiger partial charge in [0, 0.05) is 12.8 Å². The van der Waals surface area contributed by atoms with E-state index in [1.807, 2.05) is 0 Å².